The maximum Gasteiger partial charge on any atom is 0.181 e. The molecule has 0 spiro atoms. The van der Waals surface area contributed by atoms with Crippen molar-refractivity contribution >= 4 is 0 Å². The summed E-state index contributed by atoms with van der Waals surface area (Å²) in [6, 6.07) is 8.11. The Labute approximate surface area is 95.3 Å². The number of aromatic nitrogens is 1. The van der Waals surface area contributed by atoms with Gasteiger partial charge in [-0.3, -0.25) is 0 Å². The summed E-state index contributed by atoms with van der Waals surface area (Å²) in [5.74, 6) is 1.27. The molecule has 16 heavy (non-hydrogen) atoms. The Hall–Kier alpha value is -1.61. The second-order valence-corrected chi connectivity index (χ2v) is 4.12. The molecule has 0 atom stereocenters. The first kappa shape index (κ1) is 10.9. The third-order valence-electron chi connectivity index (χ3n) is 2.58. The summed E-state index contributed by atoms with van der Waals surface area (Å²) in [5, 5.41) is 0. The Bertz CT molecular complexity index is 457. The van der Waals surface area contributed by atoms with Gasteiger partial charge in [0.15, 0.2) is 6.39 Å². The molecule has 1 heterocycles. The number of oxazole rings is 1. The van der Waals surface area contributed by atoms with E-state index in [-0.39, 0.29) is 0 Å². The Morgan fingerprint density at radius 2 is 1.94 bits per heavy atom. The molecular weight excluding hydrogens is 200 g/mol. The van der Waals surface area contributed by atoms with E-state index in [9.17, 15) is 0 Å². The van der Waals surface area contributed by atoms with E-state index in [1.165, 1.54) is 6.39 Å². The Balaban J connectivity index is 2.38. The van der Waals surface area contributed by atoms with E-state index in [1.54, 1.807) is 0 Å². The highest BCUT2D eigenvalue weighted by molar-refractivity contribution is 5.61. The Kier molecular flexibility index (Phi) is 3.06. The maximum absolute atomic E-state index is 5.56. The van der Waals surface area contributed by atoms with Gasteiger partial charge in [0.05, 0.1) is 0 Å². The minimum atomic E-state index is 0.340. The first-order valence-electron chi connectivity index (χ1n) is 5.45. The van der Waals surface area contributed by atoms with Crippen molar-refractivity contribution in [1.82, 2.24) is 4.98 Å². The lowest BCUT2D eigenvalue weighted by Gasteiger charge is -2.04. The lowest BCUT2D eigenvalue weighted by atomic mass is 10.0. The molecule has 2 rings (SSSR count). The third-order valence-corrected chi connectivity index (χ3v) is 2.58. The van der Waals surface area contributed by atoms with Crippen molar-refractivity contribution in [3.63, 3.8) is 0 Å². The van der Waals surface area contributed by atoms with Crippen LogP contribution in [0.15, 0.2) is 35.1 Å². The Morgan fingerprint density at radius 1 is 1.25 bits per heavy atom. The van der Waals surface area contributed by atoms with E-state index in [0.29, 0.717) is 12.5 Å². The molecule has 0 unspecified atom stereocenters. The van der Waals surface area contributed by atoms with E-state index < -0.39 is 0 Å². The van der Waals surface area contributed by atoms with Gasteiger partial charge in [0.25, 0.3) is 0 Å². The van der Waals surface area contributed by atoms with Gasteiger partial charge in [-0.1, -0.05) is 38.1 Å². The zero-order valence-corrected chi connectivity index (χ0v) is 9.60. The largest absolute Gasteiger partial charge is 0.448 e. The highest BCUT2D eigenvalue weighted by atomic mass is 16.3. The molecule has 0 aliphatic rings. The lowest BCUT2D eigenvalue weighted by Crippen LogP contribution is -1.95. The highest BCUT2D eigenvalue weighted by Gasteiger charge is 2.13. The third kappa shape index (κ3) is 1.99. The van der Waals surface area contributed by atoms with Crippen LogP contribution in [0.5, 0.6) is 0 Å². The summed E-state index contributed by atoms with van der Waals surface area (Å²) in [6.45, 7) is 4.76. The van der Waals surface area contributed by atoms with Crippen molar-refractivity contribution in [1.29, 1.82) is 0 Å². The van der Waals surface area contributed by atoms with Crippen molar-refractivity contribution in [2.45, 2.75) is 26.3 Å². The number of hydrogen-bond acceptors (Lipinski definition) is 3. The normalized spacial score (nSPS) is 11.0. The number of nitrogens with zero attached hydrogens (tertiary/aromatic N) is 1. The molecule has 0 bridgehead atoms. The number of rotatable bonds is 3. The smallest absolute Gasteiger partial charge is 0.181 e. The summed E-state index contributed by atoms with van der Waals surface area (Å²) in [7, 11) is 0. The van der Waals surface area contributed by atoms with Crippen molar-refractivity contribution in [2.24, 2.45) is 5.73 Å². The molecule has 0 saturated heterocycles. The molecule has 2 aromatic rings. The van der Waals surface area contributed by atoms with Crippen LogP contribution in [0.1, 0.15) is 31.1 Å². The monoisotopic (exact) mass is 216 g/mol. The molecule has 0 aliphatic heterocycles. The molecule has 1 aromatic heterocycles. The maximum atomic E-state index is 5.56. The standard InChI is InChI=1S/C13H16N2O/c1-9(2)13-12(15-8-16-13)11-5-3-10(7-14)4-6-11/h3-6,8-9H,7,14H2,1-2H3. The van der Waals surface area contributed by atoms with Gasteiger partial charge >= 0.3 is 0 Å². The molecule has 0 radical (unpaired) electrons. The molecule has 3 heteroatoms. The summed E-state index contributed by atoms with van der Waals surface area (Å²) < 4.78 is 5.40. The van der Waals surface area contributed by atoms with E-state index in [1.807, 2.05) is 24.3 Å². The summed E-state index contributed by atoms with van der Waals surface area (Å²) in [5.41, 5.74) is 8.69. The average molecular weight is 216 g/mol. The SMILES string of the molecule is CC(C)c1ocnc1-c1ccc(CN)cc1. The van der Waals surface area contributed by atoms with Crippen LogP contribution in [-0.2, 0) is 6.54 Å². The zero-order valence-electron chi connectivity index (χ0n) is 9.60. The molecule has 84 valence electrons. The topological polar surface area (TPSA) is 52.0 Å². The summed E-state index contributed by atoms with van der Waals surface area (Å²) >= 11 is 0. The minimum absolute atomic E-state index is 0.340. The van der Waals surface area contributed by atoms with Crippen molar-refractivity contribution < 1.29 is 4.42 Å². The van der Waals surface area contributed by atoms with E-state index >= 15 is 0 Å². The fourth-order valence-corrected chi connectivity index (χ4v) is 1.68. The van der Waals surface area contributed by atoms with E-state index in [0.717, 1.165) is 22.6 Å². The van der Waals surface area contributed by atoms with Crippen LogP contribution in [0.3, 0.4) is 0 Å². The summed E-state index contributed by atoms with van der Waals surface area (Å²) in [6.07, 6.45) is 1.50. The van der Waals surface area contributed by atoms with Gasteiger partial charge in [0, 0.05) is 18.0 Å². The van der Waals surface area contributed by atoms with Gasteiger partial charge in [0.1, 0.15) is 11.5 Å². The molecule has 2 N–H and O–H groups in total. The molecule has 0 fully saturated rings. The lowest BCUT2D eigenvalue weighted by molar-refractivity contribution is 0.483. The van der Waals surface area contributed by atoms with E-state index in [4.69, 9.17) is 10.2 Å². The minimum Gasteiger partial charge on any atom is -0.448 e. The van der Waals surface area contributed by atoms with Crippen LogP contribution in [0.25, 0.3) is 11.3 Å². The van der Waals surface area contributed by atoms with Crippen molar-refractivity contribution in [3.05, 3.63) is 42.0 Å². The second-order valence-electron chi connectivity index (χ2n) is 4.12. The van der Waals surface area contributed by atoms with Gasteiger partial charge in [-0.05, 0) is 5.56 Å². The molecule has 0 aliphatic carbocycles. The van der Waals surface area contributed by atoms with Crippen molar-refractivity contribution in [3.8, 4) is 11.3 Å². The first-order valence-corrected chi connectivity index (χ1v) is 5.45. The Morgan fingerprint density at radius 3 is 2.50 bits per heavy atom. The van der Waals surface area contributed by atoms with Crippen LogP contribution in [0.2, 0.25) is 0 Å². The molecule has 0 saturated carbocycles. The van der Waals surface area contributed by atoms with Crippen LogP contribution < -0.4 is 5.73 Å². The van der Waals surface area contributed by atoms with Crippen LogP contribution >= 0.6 is 0 Å². The average Bonchev–Trinajstić information content (AvgIpc) is 2.78. The molecule has 1 aromatic carbocycles. The van der Waals surface area contributed by atoms with Gasteiger partial charge in [-0.2, -0.15) is 0 Å². The molecular formula is C13H16N2O. The fourth-order valence-electron chi connectivity index (χ4n) is 1.68. The number of benzene rings is 1. The van der Waals surface area contributed by atoms with Crippen LogP contribution in [-0.4, -0.2) is 4.98 Å². The van der Waals surface area contributed by atoms with Gasteiger partial charge < -0.3 is 10.2 Å². The highest BCUT2D eigenvalue weighted by Crippen LogP contribution is 2.27. The van der Waals surface area contributed by atoms with Gasteiger partial charge in [-0.25, -0.2) is 4.98 Å². The first-order chi connectivity index (χ1) is 7.72. The molecule has 0 amide bonds. The van der Waals surface area contributed by atoms with Gasteiger partial charge in [0.2, 0.25) is 0 Å². The zero-order chi connectivity index (χ0) is 11.5. The number of hydrogen-bond donors (Lipinski definition) is 1. The number of nitrogens with two attached hydrogens (primary N) is 1. The quantitative estimate of drug-likeness (QED) is 0.858. The van der Waals surface area contributed by atoms with Crippen molar-refractivity contribution in [2.75, 3.05) is 0 Å². The second kappa shape index (κ2) is 4.49. The van der Waals surface area contributed by atoms with E-state index in [2.05, 4.69) is 18.8 Å². The molecule has 3 nitrogen and oxygen atoms in total. The van der Waals surface area contributed by atoms with Crippen LogP contribution in [0.4, 0.5) is 0 Å². The predicted molar refractivity (Wildman–Crippen MR) is 63.9 cm³/mol. The fraction of sp³-hybridized carbons (Fsp3) is 0.308. The van der Waals surface area contributed by atoms with Crippen LogP contribution in [0, 0.1) is 0 Å². The summed E-state index contributed by atoms with van der Waals surface area (Å²) in [4.78, 5) is 4.27. The predicted octanol–water partition coefficient (Wildman–Crippen LogP) is 2.92. The van der Waals surface area contributed by atoms with Gasteiger partial charge in [-0.15, -0.1) is 0 Å².